The Hall–Kier alpha value is -3.23. The number of nitrogens with one attached hydrogen (secondary N) is 1. The Kier molecular flexibility index (Phi) is 7.05. The zero-order valence-electron chi connectivity index (χ0n) is 18.6. The molecule has 174 valence electrons. The van der Waals surface area contributed by atoms with E-state index in [9.17, 15) is 8.42 Å². The van der Waals surface area contributed by atoms with Crippen molar-refractivity contribution in [3.63, 3.8) is 0 Å². The van der Waals surface area contributed by atoms with Crippen molar-refractivity contribution in [3.8, 4) is 23.0 Å². The fourth-order valence-corrected chi connectivity index (χ4v) is 5.13. The summed E-state index contributed by atoms with van der Waals surface area (Å²) in [6.45, 7) is 1.13. The number of hydrogen-bond acceptors (Lipinski definition) is 6. The van der Waals surface area contributed by atoms with Gasteiger partial charge in [-0.2, -0.15) is 0 Å². The second-order valence-electron chi connectivity index (χ2n) is 7.64. The Morgan fingerprint density at radius 1 is 0.909 bits per heavy atom. The summed E-state index contributed by atoms with van der Waals surface area (Å²) in [7, 11) is -1.03. The summed E-state index contributed by atoms with van der Waals surface area (Å²) in [4.78, 5) is 0.0109. The number of rotatable bonds is 8. The number of sulfonamides is 1. The van der Waals surface area contributed by atoms with Gasteiger partial charge in [0.05, 0.1) is 33.5 Å². The third-order valence-electron chi connectivity index (χ3n) is 5.41. The summed E-state index contributed by atoms with van der Waals surface area (Å²) in [5.74, 6) is 1.93. The Morgan fingerprint density at radius 3 is 2.39 bits per heavy atom. The van der Waals surface area contributed by atoms with Crippen LogP contribution in [0.4, 0.5) is 0 Å². The quantitative estimate of drug-likeness (QED) is 0.534. The summed E-state index contributed by atoms with van der Waals surface area (Å²) >= 11 is 0. The average molecular weight is 470 g/mol. The highest BCUT2D eigenvalue weighted by atomic mass is 32.2. The van der Waals surface area contributed by atoms with Crippen LogP contribution < -0.4 is 23.7 Å². The first-order chi connectivity index (χ1) is 16.0. The molecular weight excluding hydrogens is 442 g/mol. The molecule has 7 nitrogen and oxygen atoms in total. The lowest BCUT2D eigenvalue weighted by atomic mass is 9.99. The Labute approximate surface area is 194 Å². The number of benzene rings is 3. The molecule has 3 aromatic rings. The molecule has 4 rings (SSSR count). The zero-order chi connectivity index (χ0) is 23.3. The largest absolute Gasteiger partial charge is 0.497 e. The number of hydrogen-bond donors (Lipinski definition) is 1. The van der Waals surface area contributed by atoms with E-state index in [2.05, 4.69) is 4.72 Å². The normalized spacial score (nSPS) is 14.2. The molecule has 0 aromatic heterocycles. The molecule has 1 unspecified atom stereocenters. The van der Waals surface area contributed by atoms with Gasteiger partial charge in [0.25, 0.3) is 0 Å². The molecule has 0 aliphatic carbocycles. The maximum atomic E-state index is 13.5. The first-order valence-electron chi connectivity index (χ1n) is 10.7. The number of fused-ring (bicyclic) bond motifs is 1. The monoisotopic (exact) mass is 469 g/mol. The predicted octanol–water partition coefficient (Wildman–Crippen LogP) is 4.13. The van der Waals surface area contributed by atoms with Crippen LogP contribution in [-0.2, 0) is 16.4 Å². The lowest BCUT2D eigenvalue weighted by Gasteiger charge is -2.22. The molecular formula is C25H27NO6S. The van der Waals surface area contributed by atoms with E-state index in [0.29, 0.717) is 36.9 Å². The van der Waals surface area contributed by atoms with Crippen LogP contribution in [-0.4, -0.2) is 35.9 Å². The lowest BCUT2D eigenvalue weighted by Crippen LogP contribution is -2.30. The first-order valence-corrected chi connectivity index (χ1v) is 12.2. The minimum Gasteiger partial charge on any atom is -0.497 e. The average Bonchev–Trinajstić information content (AvgIpc) is 3.08. The lowest BCUT2D eigenvalue weighted by molar-refractivity contribution is 0.297. The van der Waals surface area contributed by atoms with Gasteiger partial charge in [-0.25, -0.2) is 13.1 Å². The third kappa shape index (κ3) is 5.40. The molecule has 1 aliphatic rings. The molecule has 0 amide bonds. The van der Waals surface area contributed by atoms with E-state index < -0.39 is 16.1 Å². The van der Waals surface area contributed by atoms with Crippen LogP contribution in [0, 0.1) is 0 Å². The van der Waals surface area contributed by atoms with Gasteiger partial charge in [-0.1, -0.05) is 36.4 Å². The van der Waals surface area contributed by atoms with Crippen molar-refractivity contribution in [2.45, 2.75) is 23.8 Å². The van der Waals surface area contributed by atoms with Crippen molar-refractivity contribution in [3.05, 3.63) is 77.9 Å². The molecule has 8 heteroatoms. The number of ether oxygens (including phenoxy) is 4. The molecule has 1 heterocycles. The smallest absolute Gasteiger partial charge is 0.244 e. The maximum Gasteiger partial charge on any atom is 0.244 e. The third-order valence-corrected chi connectivity index (χ3v) is 6.91. The first kappa shape index (κ1) is 22.9. The highest BCUT2D eigenvalue weighted by molar-refractivity contribution is 7.89. The van der Waals surface area contributed by atoms with Crippen LogP contribution in [0.5, 0.6) is 23.0 Å². The van der Waals surface area contributed by atoms with Crippen LogP contribution in [0.25, 0.3) is 0 Å². The van der Waals surface area contributed by atoms with Crippen LogP contribution in [0.1, 0.15) is 23.6 Å². The molecule has 3 aromatic carbocycles. The summed E-state index contributed by atoms with van der Waals surface area (Å²) in [6, 6.07) is 19.4. The molecule has 0 bridgehead atoms. The van der Waals surface area contributed by atoms with Gasteiger partial charge in [0.1, 0.15) is 16.4 Å². The van der Waals surface area contributed by atoms with E-state index in [1.807, 2.05) is 48.5 Å². The minimum absolute atomic E-state index is 0.0109. The van der Waals surface area contributed by atoms with E-state index >= 15 is 0 Å². The second kappa shape index (κ2) is 10.1. The van der Waals surface area contributed by atoms with E-state index in [1.54, 1.807) is 12.1 Å². The second-order valence-corrected chi connectivity index (χ2v) is 9.32. The summed E-state index contributed by atoms with van der Waals surface area (Å²) in [6.07, 6.45) is 1.24. The van der Waals surface area contributed by atoms with Gasteiger partial charge >= 0.3 is 0 Å². The molecule has 1 atom stereocenters. The van der Waals surface area contributed by atoms with Crippen molar-refractivity contribution in [1.82, 2.24) is 4.72 Å². The Bertz CT molecular complexity index is 1200. The minimum atomic E-state index is -3.96. The van der Waals surface area contributed by atoms with E-state index in [4.69, 9.17) is 18.9 Å². The van der Waals surface area contributed by atoms with Crippen molar-refractivity contribution >= 4 is 10.0 Å². The van der Waals surface area contributed by atoms with Gasteiger partial charge < -0.3 is 18.9 Å². The van der Waals surface area contributed by atoms with E-state index in [-0.39, 0.29) is 10.6 Å². The van der Waals surface area contributed by atoms with Crippen LogP contribution >= 0.6 is 0 Å². The number of methoxy groups -OCH3 is 2. The van der Waals surface area contributed by atoms with Crippen molar-refractivity contribution in [2.75, 3.05) is 27.4 Å². The SMILES string of the molecule is COc1ccc(OC)c(S(=O)(=O)NC(Cc2ccccc2)c2ccc3c(c2)OCCCO3)c1. The zero-order valence-corrected chi connectivity index (χ0v) is 19.4. The fourth-order valence-electron chi connectivity index (χ4n) is 3.72. The van der Waals surface area contributed by atoms with Gasteiger partial charge in [-0.15, -0.1) is 0 Å². The van der Waals surface area contributed by atoms with Crippen LogP contribution in [0.2, 0.25) is 0 Å². The highest BCUT2D eigenvalue weighted by Gasteiger charge is 2.26. The summed E-state index contributed by atoms with van der Waals surface area (Å²) < 4.78 is 52.0. The van der Waals surface area contributed by atoms with Gasteiger partial charge in [0, 0.05) is 12.5 Å². The van der Waals surface area contributed by atoms with Gasteiger partial charge in [0.2, 0.25) is 10.0 Å². The molecule has 0 fully saturated rings. The van der Waals surface area contributed by atoms with Crippen LogP contribution in [0.3, 0.4) is 0 Å². The summed E-state index contributed by atoms with van der Waals surface area (Å²) in [5, 5.41) is 0. The molecule has 33 heavy (non-hydrogen) atoms. The van der Waals surface area contributed by atoms with Crippen molar-refractivity contribution < 1.29 is 27.4 Å². The molecule has 1 N–H and O–H groups in total. The Morgan fingerprint density at radius 2 is 1.67 bits per heavy atom. The standard InChI is InChI=1S/C25H27NO6S/c1-29-20-10-12-23(30-2)25(17-20)33(27,28)26-21(15-18-7-4-3-5-8-18)19-9-11-22-24(16-19)32-14-6-13-31-22/h3-5,7-12,16-17,21,26H,6,13-15H2,1-2H3. The van der Waals surface area contributed by atoms with Gasteiger partial charge in [0.15, 0.2) is 11.5 Å². The molecule has 0 saturated heterocycles. The van der Waals surface area contributed by atoms with E-state index in [0.717, 1.165) is 17.5 Å². The predicted molar refractivity (Wildman–Crippen MR) is 125 cm³/mol. The molecule has 0 saturated carbocycles. The topological polar surface area (TPSA) is 83.1 Å². The van der Waals surface area contributed by atoms with Crippen molar-refractivity contribution in [2.24, 2.45) is 0 Å². The maximum absolute atomic E-state index is 13.5. The van der Waals surface area contributed by atoms with Crippen molar-refractivity contribution in [1.29, 1.82) is 0 Å². The molecule has 0 spiro atoms. The molecule has 0 radical (unpaired) electrons. The highest BCUT2D eigenvalue weighted by Crippen LogP contribution is 2.35. The fraction of sp³-hybridized carbons (Fsp3) is 0.280. The van der Waals surface area contributed by atoms with Crippen LogP contribution in [0.15, 0.2) is 71.6 Å². The van der Waals surface area contributed by atoms with Gasteiger partial charge in [-0.05, 0) is 41.8 Å². The Balaban J connectivity index is 1.72. The molecule has 1 aliphatic heterocycles. The van der Waals surface area contributed by atoms with Gasteiger partial charge in [-0.3, -0.25) is 0 Å². The summed E-state index contributed by atoms with van der Waals surface area (Å²) in [5.41, 5.74) is 1.77. The van der Waals surface area contributed by atoms with E-state index in [1.165, 1.54) is 20.3 Å².